The number of aryl methyl sites for hydroxylation is 1. The molecule has 0 unspecified atom stereocenters. The van der Waals surface area contributed by atoms with Crippen molar-refractivity contribution in [3.05, 3.63) is 97.8 Å². The Kier molecular flexibility index (Phi) is 12.9. The van der Waals surface area contributed by atoms with Crippen LogP contribution in [0.2, 0.25) is 0 Å². The van der Waals surface area contributed by atoms with Gasteiger partial charge in [0, 0.05) is 30.1 Å². The summed E-state index contributed by atoms with van der Waals surface area (Å²) in [6, 6.07) is 13.9. The molecule has 7 rings (SSSR count). The van der Waals surface area contributed by atoms with Crippen molar-refractivity contribution in [3.63, 3.8) is 0 Å². The molecular weight excluding hydrogens is 755 g/mol. The van der Waals surface area contributed by atoms with Crippen molar-refractivity contribution in [2.24, 2.45) is 5.92 Å². The third-order valence-corrected chi connectivity index (χ3v) is 10.4. The summed E-state index contributed by atoms with van der Waals surface area (Å²) in [4.78, 5) is 29.7. The van der Waals surface area contributed by atoms with Gasteiger partial charge in [-0.15, -0.1) is 11.3 Å². The molecule has 10 nitrogen and oxygen atoms in total. The minimum absolute atomic E-state index is 0.0167. The van der Waals surface area contributed by atoms with Gasteiger partial charge in [0.2, 0.25) is 0 Å². The molecule has 3 aliphatic rings. The molecule has 1 N–H and O–H groups in total. The van der Waals surface area contributed by atoms with Crippen LogP contribution < -0.4 is 14.4 Å². The van der Waals surface area contributed by atoms with Crippen LogP contribution in [0.3, 0.4) is 0 Å². The fourth-order valence-electron chi connectivity index (χ4n) is 6.11. The molecule has 1 atom stereocenters. The maximum Gasteiger partial charge on any atom is 0.412 e. The summed E-state index contributed by atoms with van der Waals surface area (Å²) in [5.41, 5.74) is 0.537. The molecule has 4 aromatic rings. The van der Waals surface area contributed by atoms with Crippen LogP contribution in [0, 0.1) is 30.3 Å². The van der Waals surface area contributed by atoms with E-state index in [0.717, 1.165) is 53.3 Å². The number of ether oxygens (including phenoxy) is 3. The van der Waals surface area contributed by atoms with Gasteiger partial charge in [0.05, 0.1) is 36.8 Å². The lowest BCUT2D eigenvalue weighted by atomic mass is 9.86. The summed E-state index contributed by atoms with van der Waals surface area (Å²) in [5, 5.41) is 9.12. The van der Waals surface area contributed by atoms with Crippen molar-refractivity contribution in [1.29, 1.82) is 0 Å². The lowest BCUT2D eigenvalue weighted by Crippen LogP contribution is -2.53. The van der Waals surface area contributed by atoms with Crippen LogP contribution in [0.1, 0.15) is 34.8 Å². The molecule has 3 aliphatic heterocycles. The normalized spacial score (nSPS) is 17.7. The molecule has 3 saturated heterocycles. The number of fused-ring (bicyclic) bond motifs is 3. The van der Waals surface area contributed by atoms with Gasteiger partial charge in [-0.05, 0) is 103 Å². The molecule has 0 spiro atoms. The van der Waals surface area contributed by atoms with E-state index in [1.54, 1.807) is 31.3 Å². The number of carboxylic acid groups (broad SMARTS) is 1. The number of methoxy groups -OCH3 is 2. The van der Waals surface area contributed by atoms with Gasteiger partial charge in [0.15, 0.2) is 23.1 Å². The quantitative estimate of drug-likeness (QED) is 0.151. The highest BCUT2D eigenvalue weighted by Gasteiger charge is 2.37. The monoisotopic (exact) mass is 793 g/mol. The van der Waals surface area contributed by atoms with Gasteiger partial charge >= 0.3 is 12.2 Å². The topological polar surface area (TPSA) is 105 Å². The Bertz CT molecular complexity index is 1810. The average Bonchev–Trinajstić information content (AvgIpc) is 3.74. The second-order valence-electron chi connectivity index (χ2n) is 12.2. The predicted molar refractivity (Wildman–Crippen MR) is 189 cm³/mol. The van der Waals surface area contributed by atoms with Crippen LogP contribution >= 0.6 is 27.3 Å². The Morgan fingerprint density at radius 2 is 1.69 bits per heavy atom. The van der Waals surface area contributed by atoms with Gasteiger partial charge in [0.1, 0.15) is 23.4 Å². The number of hydrogen-bond donors (Lipinski definition) is 1. The number of furan rings is 1. The molecule has 51 heavy (non-hydrogen) atoms. The summed E-state index contributed by atoms with van der Waals surface area (Å²) >= 11 is 4.48. The largest absolute Gasteiger partial charge is 0.493 e. The van der Waals surface area contributed by atoms with E-state index < -0.39 is 29.2 Å². The second-order valence-corrected chi connectivity index (χ2v) is 14.8. The zero-order chi connectivity index (χ0) is 36.7. The summed E-state index contributed by atoms with van der Waals surface area (Å²) < 4.78 is 62.9. The first-order valence-electron chi connectivity index (χ1n) is 16.3. The Morgan fingerprint density at radius 3 is 2.27 bits per heavy atom. The van der Waals surface area contributed by atoms with E-state index in [4.69, 9.17) is 23.7 Å². The maximum atomic E-state index is 13.6. The third-order valence-electron chi connectivity index (χ3n) is 8.82. The number of nitrogens with zero attached hydrogens (tertiary/aromatic N) is 3. The summed E-state index contributed by atoms with van der Waals surface area (Å²) in [6.07, 6.45) is 1.15. The van der Waals surface area contributed by atoms with Gasteiger partial charge in [-0.3, -0.25) is 9.80 Å². The van der Waals surface area contributed by atoms with Crippen LogP contribution in [0.5, 0.6) is 11.5 Å². The van der Waals surface area contributed by atoms with Crippen LogP contribution in [0.15, 0.2) is 62.8 Å². The van der Waals surface area contributed by atoms with E-state index in [9.17, 15) is 22.8 Å². The van der Waals surface area contributed by atoms with E-state index in [0.29, 0.717) is 58.8 Å². The highest BCUT2D eigenvalue weighted by Crippen LogP contribution is 2.31. The molecular formula is C36H39BrF3N3O7S. The van der Waals surface area contributed by atoms with Gasteiger partial charge in [-0.1, -0.05) is 6.07 Å². The first kappa shape index (κ1) is 38.0. The zero-order valence-electron chi connectivity index (χ0n) is 28.4. The summed E-state index contributed by atoms with van der Waals surface area (Å²) in [5.74, 6) is -0.361. The van der Waals surface area contributed by atoms with Gasteiger partial charge in [-0.2, -0.15) is 0 Å². The van der Waals surface area contributed by atoms with Crippen molar-refractivity contribution in [2.45, 2.75) is 45.4 Å². The van der Waals surface area contributed by atoms with Gasteiger partial charge < -0.3 is 28.6 Å². The van der Waals surface area contributed by atoms with E-state index in [-0.39, 0.29) is 18.7 Å². The van der Waals surface area contributed by atoms with Crippen molar-refractivity contribution >= 4 is 45.1 Å². The van der Waals surface area contributed by atoms with E-state index >= 15 is 0 Å². The number of anilines is 1. The molecule has 2 aromatic carbocycles. The van der Waals surface area contributed by atoms with E-state index in [1.807, 2.05) is 37.3 Å². The van der Waals surface area contributed by atoms with E-state index in [1.165, 1.54) is 11.3 Å². The average molecular weight is 795 g/mol. The van der Waals surface area contributed by atoms with Gasteiger partial charge in [-0.25, -0.2) is 22.8 Å². The number of hydrogen-bond acceptors (Lipinski definition) is 8. The fraction of sp³-hybridized carbons (Fsp3) is 0.389. The number of amides is 2. The van der Waals surface area contributed by atoms with Gasteiger partial charge in [0.25, 0.3) is 0 Å². The number of benzene rings is 2. The molecule has 3 fully saturated rings. The minimum atomic E-state index is -1.46. The predicted octanol–water partition coefficient (Wildman–Crippen LogP) is 8.49. The number of rotatable bonds is 11. The fourth-order valence-corrected chi connectivity index (χ4v) is 7.58. The van der Waals surface area contributed by atoms with Crippen molar-refractivity contribution < 1.29 is 46.5 Å². The standard InChI is InChI=1S/C24H32N2O5.C12H7BrF3NO2S/c1-17-4-6-20(30-17)15-26(13-8-18-5-7-21(28-2)22(14-18)29-3)24(27)31-23-16-25-11-9-19(23)10-12-25;13-11-2-1-6(20-11)5-17(12(18)19)10-4-8(15)7(14)3-9(10)16/h4-7,14,19,23H,8-13,15-16H2,1-3H3;1-4H,5H2,(H,18,19)/t23-;/m0./s1. The highest BCUT2D eigenvalue weighted by atomic mass is 79.9. The van der Waals surface area contributed by atoms with Crippen molar-refractivity contribution in [2.75, 3.05) is 45.3 Å². The number of carbonyl (C=O) groups is 2. The molecule has 0 aliphatic carbocycles. The zero-order valence-corrected chi connectivity index (χ0v) is 30.8. The lowest BCUT2D eigenvalue weighted by molar-refractivity contribution is -0.0446. The van der Waals surface area contributed by atoms with Crippen LogP contribution in [-0.2, 0) is 24.2 Å². The minimum Gasteiger partial charge on any atom is -0.493 e. The second kappa shape index (κ2) is 17.3. The Balaban J connectivity index is 0.000000218. The molecule has 0 radical (unpaired) electrons. The smallest absolute Gasteiger partial charge is 0.412 e. The maximum absolute atomic E-state index is 13.6. The first-order chi connectivity index (χ1) is 24.4. The molecule has 274 valence electrons. The number of carbonyl (C=O) groups excluding carboxylic acids is 1. The van der Waals surface area contributed by atoms with Crippen molar-refractivity contribution in [3.8, 4) is 11.5 Å². The molecule has 2 bridgehead atoms. The SMILES string of the molecule is COc1ccc(CCN(Cc2ccc(C)o2)C(=O)O[C@H]2CN3CCC2CC3)cc1OC.O=C(O)N(Cc1ccc(Br)s1)c1cc(F)c(F)cc1F. The molecule has 2 aromatic heterocycles. The first-order valence-corrected chi connectivity index (χ1v) is 17.9. The Morgan fingerprint density at radius 1 is 0.961 bits per heavy atom. The number of thiophene rings is 1. The molecule has 5 heterocycles. The van der Waals surface area contributed by atoms with Crippen LogP contribution in [0.4, 0.5) is 28.4 Å². The molecule has 0 saturated carbocycles. The lowest BCUT2D eigenvalue weighted by Gasteiger charge is -2.44. The molecule has 15 heteroatoms. The van der Waals surface area contributed by atoms with Crippen LogP contribution in [-0.4, -0.2) is 73.6 Å². The highest BCUT2D eigenvalue weighted by molar-refractivity contribution is 9.11. The third kappa shape index (κ3) is 9.98. The van der Waals surface area contributed by atoms with Crippen molar-refractivity contribution in [1.82, 2.24) is 9.80 Å². The summed E-state index contributed by atoms with van der Waals surface area (Å²) in [7, 11) is 3.24. The number of piperidine rings is 3. The Labute approximate surface area is 306 Å². The summed E-state index contributed by atoms with van der Waals surface area (Å²) in [6.45, 7) is 5.74. The van der Waals surface area contributed by atoms with E-state index in [2.05, 4.69) is 20.8 Å². The molecule has 2 amide bonds. The Hall–Kier alpha value is -4.21. The van der Waals surface area contributed by atoms with Crippen LogP contribution in [0.25, 0.3) is 0 Å². The number of halogens is 4.